The van der Waals surface area contributed by atoms with Crippen molar-refractivity contribution in [3.63, 3.8) is 0 Å². The maximum Gasteiger partial charge on any atom is 0.325 e. The summed E-state index contributed by atoms with van der Waals surface area (Å²) in [5, 5.41) is 8.38. The number of rotatable bonds is 7. The van der Waals surface area contributed by atoms with Gasteiger partial charge in [0.1, 0.15) is 5.69 Å². The SMILES string of the molecule is CC.Cc1nnc(-c2c[nH]c(=O)[nH]c2=O)cc1C(=P)CC(c1ccnc(C2CC(F)(F)C2)c1)C(F)F. The first-order chi connectivity index (χ1) is 17.0. The van der Waals surface area contributed by atoms with Crippen LogP contribution in [0.25, 0.3) is 11.3 Å². The minimum atomic E-state index is -2.74. The fourth-order valence-electron chi connectivity index (χ4n) is 3.96. The van der Waals surface area contributed by atoms with Crippen molar-refractivity contribution in [3.8, 4) is 11.3 Å². The first-order valence-corrected chi connectivity index (χ1v) is 11.9. The van der Waals surface area contributed by atoms with E-state index < -0.39 is 35.4 Å². The molecule has 0 aromatic carbocycles. The van der Waals surface area contributed by atoms with E-state index in [0.717, 1.165) is 0 Å². The number of nitrogens with zero attached hydrogens (tertiary/aromatic N) is 3. The van der Waals surface area contributed by atoms with Crippen molar-refractivity contribution in [2.45, 2.75) is 64.2 Å². The average molecular weight is 523 g/mol. The van der Waals surface area contributed by atoms with Crippen molar-refractivity contribution in [2.75, 3.05) is 0 Å². The van der Waals surface area contributed by atoms with Crippen molar-refractivity contribution >= 4 is 14.2 Å². The van der Waals surface area contributed by atoms with E-state index in [9.17, 15) is 27.2 Å². The number of H-pyrrole nitrogens is 2. The third kappa shape index (κ3) is 6.13. The molecule has 1 aliphatic rings. The Balaban J connectivity index is 0.00000176. The molecule has 0 spiro atoms. The molecule has 12 heteroatoms. The quantitative estimate of drug-likeness (QED) is 0.340. The van der Waals surface area contributed by atoms with Gasteiger partial charge in [-0.2, -0.15) is 5.10 Å². The van der Waals surface area contributed by atoms with Gasteiger partial charge in [0.15, 0.2) is 0 Å². The van der Waals surface area contributed by atoms with Gasteiger partial charge in [-0.05, 0) is 42.4 Å². The molecule has 4 rings (SSSR count). The Morgan fingerprint density at radius 1 is 1.19 bits per heavy atom. The molecule has 1 atom stereocenters. The van der Waals surface area contributed by atoms with Crippen LogP contribution in [0.1, 0.15) is 67.5 Å². The Kier molecular flexibility index (Phi) is 8.55. The zero-order valence-electron chi connectivity index (χ0n) is 19.9. The second kappa shape index (κ2) is 11.2. The highest BCUT2D eigenvalue weighted by Crippen LogP contribution is 2.48. The average Bonchev–Trinajstić information content (AvgIpc) is 2.82. The molecule has 0 aliphatic heterocycles. The topological polar surface area (TPSA) is 104 Å². The number of halogens is 4. The zero-order chi connectivity index (χ0) is 26.6. The lowest BCUT2D eigenvalue weighted by molar-refractivity contribution is -0.0876. The summed E-state index contributed by atoms with van der Waals surface area (Å²) in [6.45, 7) is 5.64. The smallest absolute Gasteiger partial charge is 0.313 e. The Morgan fingerprint density at radius 3 is 2.50 bits per heavy atom. The number of aryl methyl sites for hydroxylation is 1. The predicted octanol–water partition coefficient (Wildman–Crippen LogP) is 4.86. The van der Waals surface area contributed by atoms with Gasteiger partial charge in [0.25, 0.3) is 5.56 Å². The molecule has 1 unspecified atom stereocenters. The lowest BCUT2D eigenvalue weighted by atomic mass is 9.78. The van der Waals surface area contributed by atoms with Gasteiger partial charge >= 0.3 is 5.69 Å². The molecule has 3 heterocycles. The van der Waals surface area contributed by atoms with Crippen molar-refractivity contribution < 1.29 is 17.6 Å². The van der Waals surface area contributed by atoms with Gasteiger partial charge in [-0.15, -0.1) is 14.0 Å². The molecular formula is C24H26F4N5O2P. The first-order valence-electron chi connectivity index (χ1n) is 11.4. The summed E-state index contributed by atoms with van der Waals surface area (Å²) in [7, 11) is 3.45. The molecule has 0 saturated heterocycles. The molecule has 3 aromatic heterocycles. The maximum atomic E-state index is 14.1. The van der Waals surface area contributed by atoms with Crippen molar-refractivity contribution in [3.05, 3.63) is 73.9 Å². The lowest BCUT2D eigenvalue weighted by Crippen LogP contribution is -2.34. The third-order valence-corrected chi connectivity index (χ3v) is 6.34. The molecule has 192 valence electrons. The van der Waals surface area contributed by atoms with E-state index in [4.69, 9.17) is 0 Å². The summed E-state index contributed by atoms with van der Waals surface area (Å²) < 4.78 is 54.6. The highest BCUT2D eigenvalue weighted by atomic mass is 31.0. The van der Waals surface area contributed by atoms with E-state index in [1.807, 2.05) is 13.8 Å². The summed E-state index contributed by atoms with van der Waals surface area (Å²) in [5.74, 6) is -4.43. The van der Waals surface area contributed by atoms with E-state index in [0.29, 0.717) is 27.8 Å². The van der Waals surface area contributed by atoms with Gasteiger partial charge in [-0.25, -0.2) is 22.4 Å². The predicted molar refractivity (Wildman–Crippen MR) is 132 cm³/mol. The van der Waals surface area contributed by atoms with Gasteiger partial charge in [0, 0.05) is 48.3 Å². The minimum absolute atomic E-state index is 0.0642. The Hall–Kier alpha value is -3.20. The molecule has 7 nitrogen and oxygen atoms in total. The van der Waals surface area contributed by atoms with Gasteiger partial charge in [0.2, 0.25) is 12.3 Å². The minimum Gasteiger partial charge on any atom is -0.313 e. The van der Waals surface area contributed by atoms with Crippen LogP contribution in [0.5, 0.6) is 0 Å². The number of aromatic amines is 2. The molecule has 1 fully saturated rings. The fourth-order valence-corrected chi connectivity index (χ4v) is 4.43. The van der Waals surface area contributed by atoms with Crippen LogP contribution in [-0.4, -0.2) is 42.8 Å². The standard InChI is InChI=1S/C22H20F4N5O2P.C2H6/c1-10-13(5-17(31-30-10)15-9-28-21(33)29-20(15)32)18(34)6-14(19(23)24)11-2-3-27-16(4-11)12-7-22(25,26)8-12;1-2/h2-5,9,12,14,19,34H,6-8H2,1H3,(H2,28,29,32,33);1-2H3. The number of alkyl halides is 4. The van der Waals surface area contributed by atoms with E-state index in [1.165, 1.54) is 30.6 Å². The van der Waals surface area contributed by atoms with E-state index in [1.54, 1.807) is 6.92 Å². The monoisotopic (exact) mass is 523 g/mol. The fraction of sp³-hybridized carbons (Fsp3) is 0.417. The summed E-state index contributed by atoms with van der Waals surface area (Å²) >= 11 is 0. The first kappa shape index (κ1) is 27.4. The number of nitrogens with one attached hydrogen (secondary N) is 2. The number of aromatic nitrogens is 5. The van der Waals surface area contributed by atoms with Crippen LogP contribution in [0, 0.1) is 6.92 Å². The molecule has 0 bridgehead atoms. The van der Waals surface area contributed by atoms with Gasteiger partial charge < -0.3 is 4.98 Å². The van der Waals surface area contributed by atoms with Crippen LogP contribution < -0.4 is 11.2 Å². The Morgan fingerprint density at radius 2 is 1.89 bits per heavy atom. The molecule has 2 N–H and O–H groups in total. The third-order valence-electron chi connectivity index (χ3n) is 5.87. The highest BCUT2D eigenvalue weighted by molar-refractivity contribution is 7.22. The zero-order valence-corrected chi connectivity index (χ0v) is 20.9. The molecular weight excluding hydrogens is 497 g/mol. The van der Waals surface area contributed by atoms with Crippen LogP contribution in [0.2, 0.25) is 0 Å². The molecule has 0 radical (unpaired) electrons. The van der Waals surface area contributed by atoms with Crippen molar-refractivity contribution in [1.82, 2.24) is 25.1 Å². The summed E-state index contributed by atoms with van der Waals surface area (Å²) in [5.41, 5.74) is 0.450. The molecule has 36 heavy (non-hydrogen) atoms. The van der Waals surface area contributed by atoms with Gasteiger partial charge in [-0.1, -0.05) is 13.8 Å². The summed E-state index contributed by atoms with van der Waals surface area (Å²) in [4.78, 5) is 31.9. The van der Waals surface area contributed by atoms with Crippen LogP contribution in [-0.2, 0) is 0 Å². The maximum absolute atomic E-state index is 14.1. The largest absolute Gasteiger partial charge is 0.325 e. The van der Waals surface area contributed by atoms with Crippen molar-refractivity contribution in [1.29, 1.82) is 0 Å². The van der Waals surface area contributed by atoms with Crippen LogP contribution >= 0.6 is 8.86 Å². The summed E-state index contributed by atoms with van der Waals surface area (Å²) in [6, 6.07) is 4.45. The van der Waals surface area contributed by atoms with E-state index >= 15 is 0 Å². The molecule has 1 saturated carbocycles. The van der Waals surface area contributed by atoms with Crippen molar-refractivity contribution in [2.24, 2.45) is 0 Å². The normalized spacial score (nSPS) is 15.6. The second-order valence-electron chi connectivity index (χ2n) is 8.31. The Bertz CT molecular complexity index is 1350. The summed E-state index contributed by atoms with van der Waals surface area (Å²) in [6.07, 6.45) is -0.973. The van der Waals surface area contributed by atoms with Gasteiger partial charge in [-0.3, -0.25) is 14.8 Å². The molecule has 0 amide bonds. The second-order valence-corrected chi connectivity index (χ2v) is 8.92. The van der Waals surface area contributed by atoms with E-state index in [2.05, 4.69) is 34.0 Å². The number of hydrogen-bond acceptors (Lipinski definition) is 5. The van der Waals surface area contributed by atoms with Gasteiger partial charge in [0.05, 0.1) is 11.3 Å². The number of pyridine rings is 1. The molecule has 1 aliphatic carbocycles. The molecule has 3 aromatic rings. The highest BCUT2D eigenvalue weighted by Gasteiger charge is 2.46. The van der Waals surface area contributed by atoms with Crippen LogP contribution in [0.15, 0.2) is 40.2 Å². The number of hydrogen-bond donors (Lipinski definition) is 2. The Labute approximate surface area is 206 Å². The van der Waals surface area contributed by atoms with E-state index in [-0.39, 0.29) is 30.5 Å². The van der Waals surface area contributed by atoms with Crippen LogP contribution in [0.3, 0.4) is 0 Å². The van der Waals surface area contributed by atoms with Crippen LogP contribution in [0.4, 0.5) is 17.6 Å². The lowest BCUT2D eigenvalue weighted by Gasteiger charge is -2.34.